The maximum Gasteiger partial charge on any atom is 0.252 e. The van der Waals surface area contributed by atoms with E-state index in [4.69, 9.17) is 11.6 Å². The highest BCUT2D eigenvalue weighted by Crippen LogP contribution is 2.26. The van der Waals surface area contributed by atoms with E-state index in [-0.39, 0.29) is 10.6 Å². The Hall–Kier alpha value is -3.43. The zero-order valence-corrected chi connectivity index (χ0v) is 14.7. The molecule has 0 aliphatic rings. The molecule has 1 aromatic heterocycles. The van der Waals surface area contributed by atoms with Crippen molar-refractivity contribution in [3.05, 3.63) is 89.0 Å². The van der Waals surface area contributed by atoms with Crippen molar-refractivity contribution in [2.75, 3.05) is 5.32 Å². The smallest absolute Gasteiger partial charge is 0.252 e. The molecule has 0 spiro atoms. The number of rotatable bonds is 5. The quantitative estimate of drug-likeness (QED) is 0.677. The Morgan fingerprint density at radius 1 is 1.11 bits per heavy atom. The molecule has 27 heavy (non-hydrogen) atoms. The molecule has 3 rings (SSSR count). The van der Waals surface area contributed by atoms with E-state index in [2.05, 4.69) is 15.6 Å². The summed E-state index contributed by atoms with van der Waals surface area (Å²) in [6.07, 6.45) is 3.29. The Labute approximate surface area is 160 Å². The van der Waals surface area contributed by atoms with Crippen LogP contribution in [0.25, 0.3) is 0 Å². The first kappa shape index (κ1) is 18.4. The van der Waals surface area contributed by atoms with E-state index in [9.17, 15) is 14.4 Å². The van der Waals surface area contributed by atoms with Gasteiger partial charge in [0.05, 0.1) is 6.07 Å². The van der Waals surface area contributed by atoms with Crippen molar-refractivity contribution in [3.63, 3.8) is 0 Å². The first-order valence-corrected chi connectivity index (χ1v) is 8.38. The molecule has 7 heteroatoms. The summed E-state index contributed by atoms with van der Waals surface area (Å²) < 4.78 is 14.0. The fraction of sp³-hybridized carbons (Fsp3) is 0.0500. The van der Waals surface area contributed by atoms with Crippen LogP contribution in [0, 0.1) is 17.1 Å². The minimum atomic E-state index is -1.21. The number of aromatic nitrogens is 1. The summed E-state index contributed by atoms with van der Waals surface area (Å²) in [5.41, 5.74) is 1.77. The zero-order chi connectivity index (χ0) is 19.2. The van der Waals surface area contributed by atoms with Crippen molar-refractivity contribution in [1.82, 2.24) is 10.3 Å². The molecule has 0 radical (unpaired) electrons. The van der Waals surface area contributed by atoms with E-state index < -0.39 is 17.8 Å². The molecule has 0 bridgehead atoms. The minimum absolute atomic E-state index is 0.0546. The number of hydrogen-bond acceptors (Lipinski definition) is 4. The van der Waals surface area contributed by atoms with Crippen LogP contribution in [0.4, 0.5) is 15.8 Å². The van der Waals surface area contributed by atoms with Gasteiger partial charge in [0.2, 0.25) is 0 Å². The molecule has 0 saturated heterocycles. The minimum Gasteiger partial charge on any atom is -0.355 e. The van der Waals surface area contributed by atoms with Gasteiger partial charge in [-0.15, -0.1) is 0 Å². The van der Waals surface area contributed by atoms with E-state index in [1.807, 2.05) is 6.07 Å². The van der Waals surface area contributed by atoms with Crippen molar-refractivity contribution < 1.29 is 9.18 Å². The Kier molecular flexibility index (Phi) is 5.64. The summed E-state index contributed by atoms with van der Waals surface area (Å²) in [4.78, 5) is 16.5. The van der Waals surface area contributed by atoms with Gasteiger partial charge < -0.3 is 10.6 Å². The average Bonchev–Trinajstić information content (AvgIpc) is 2.68. The van der Waals surface area contributed by atoms with Gasteiger partial charge in [0.15, 0.2) is 0 Å². The van der Waals surface area contributed by atoms with Crippen LogP contribution in [0.2, 0.25) is 5.02 Å². The molecule has 0 aliphatic heterocycles. The van der Waals surface area contributed by atoms with Gasteiger partial charge in [-0.3, -0.25) is 9.78 Å². The maximum atomic E-state index is 14.0. The summed E-state index contributed by atoms with van der Waals surface area (Å²) in [5.74, 6) is -1.17. The van der Waals surface area contributed by atoms with Crippen molar-refractivity contribution in [1.29, 1.82) is 5.26 Å². The zero-order valence-electron chi connectivity index (χ0n) is 14.0. The monoisotopic (exact) mass is 380 g/mol. The second-order valence-corrected chi connectivity index (χ2v) is 6.02. The molecule has 134 valence electrons. The third-order valence-electron chi connectivity index (χ3n) is 3.79. The van der Waals surface area contributed by atoms with Crippen LogP contribution in [0.1, 0.15) is 22.0 Å². The highest BCUT2D eigenvalue weighted by atomic mass is 35.5. The van der Waals surface area contributed by atoms with E-state index in [0.29, 0.717) is 11.3 Å². The third-order valence-corrected chi connectivity index (χ3v) is 4.12. The fourth-order valence-electron chi connectivity index (χ4n) is 2.51. The van der Waals surface area contributed by atoms with Gasteiger partial charge in [0.1, 0.15) is 11.9 Å². The summed E-state index contributed by atoms with van der Waals surface area (Å²) >= 11 is 5.99. The number of anilines is 2. The molecular weight excluding hydrogens is 367 g/mol. The van der Waals surface area contributed by atoms with Gasteiger partial charge in [-0.05, 0) is 42.5 Å². The standard InChI is InChI=1S/C20H14ClFN4O/c21-16-5-2-6-17(22)19(16)18(12-23)26-20(27)13-3-1-4-15(11-13)25-14-7-9-24-10-8-14/h1-11,18H,(H,24,25)(H,26,27). The second-order valence-electron chi connectivity index (χ2n) is 5.61. The lowest BCUT2D eigenvalue weighted by atomic mass is 10.1. The number of halogens is 2. The Morgan fingerprint density at radius 3 is 2.56 bits per heavy atom. The summed E-state index contributed by atoms with van der Waals surface area (Å²) in [6, 6.07) is 15.1. The predicted molar refractivity (Wildman–Crippen MR) is 101 cm³/mol. The van der Waals surface area contributed by atoms with Gasteiger partial charge in [0, 0.05) is 39.9 Å². The number of carbonyl (C=O) groups excluding carboxylic acids is 1. The number of nitriles is 1. The number of amides is 1. The van der Waals surface area contributed by atoms with Crippen molar-refractivity contribution >= 4 is 28.9 Å². The van der Waals surface area contributed by atoms with Crippen LogP contribution in [0.3, 0.4) is 0 Å². The average molecular weight is 381 g/mol. The molecule has 1 unspecified atom stereocenters. The molecule has 3 aromatic rings. The molecule has 0 fully saturated rings. The number of pyridine rings is 1. The van der Waals surface area contributed by atoms with Crippen LogP contribution in [-0.4, -0.2) is 10.9 Å². The maximum absolute atomic E-state index is 14.0. The lowest BCUT2D eigenvalue weighted by Crippen LogP contribution is -2.28. The van der Waals surface area contributed by atoms with E-state index in [1.54, 1.807) is 48.8 Å². The van der Waals surface area contributed by atoms with Gasteiger partial charge in [-0.2, -0.15) is 5.26 Å². The number of hydrogen-bond donors (Lipinski definition) is 2. The molecule has 0 saturated carbocycles. The van der Waals surface area contributed by atoms with Crippen molar-refractivity contribution in [2.45, 2.75) is 6.04 Å². The molecule has 1 atom stereocenters. The number of nitrogens with zero attached hydrogens (tertiary/aromatic N) is 2. The Morgan fingerprint density at radius 2 is 1.85 bits per heavy atom. The van der Waals surface area contributed by atoms with Gasteiger partial charge >= 0.3 is 0 Å². The Bertz CT molecular complexity index is 984. The van der Waals surface area contributed by atoms with Crippen LogP contribution in [0.15, 0.2) is 67.0 Å². The largest absolute Gasteiger partial charge is 0.355 e. The molecule has 1 heterocycles. The van der Waals surface area contributed by atoms with Crippen LogP contribution in [-0.2, 0) is 0 Å². The topological polar surface area (TPSA) is 77.8 Å². The van der Waals surface area contributed by atoms with Gasteiger partial charge in [-0.1, -0.05) is 23.7 Å². The fourth-order valence-corrected chi connectivity index (χ4v) is 2.78. The lowest BCUT2D eigenvalue weighted by molar-refractivity contribution is 0.0945. The molecule has 0 aliphatic carbocycles. The third kappa shape index (κ3) is 4.40. The van der Waals surface area contributed by atoms with Crippen molar-refractivity contribution in [3.8, 4) is 6.07 Å². The summed E-state index contributed by atoms with van der Waals surface area (Å²) in [5, 5.41) is 15.1. The van der Waals surface area contributed by atoms with Crippen LogP contribution in [0.5, 0.6) is 0 Å². The number of carbonyl (C=O) groups is 1. The highest BCUT2D eigenvalue weighted by molar-refractivity contribution is 6.31. The van der Waals surface area contributed by atoms with E-state index >= 15 is 0 Å². The van der Waals surface area contributed by atoms with Gasteiger partial charge in [-0.25, -0.2) is 4.39 Å². The molecular formula is C20H14ClFN4O. The SMILES string of the molecule is N#CC(NC(=O)c1cccc(Nc2ccncc2)c1)c1c(F)cccc1Cl. The lowest BCUT2D eigenvalue weighted by Gasteiger charge is -2.15. The predicted octanol–water partition coefficient (Wildman–Crippen LogP) is 4.61. The number of nitrogens with one attached hydrogen (secondary N) is 2. The second kappa shape index (κ2) is 8.30. The normalized spacial score (nSPS) is 11.3. The first-order valence-electron chi connectivity index (χ1n) is 8.00. The summed E-state index contributed by atoms with van der Waals surface area (Å²) in [6.45, 7) is 0. The van der Waals surface area contributed by atoms with Crippen LogP contribution >= 0.6 is 11.6 Å². The molecule has 2 aromatic carbocycles. The van der Waals surface area contributed by atoms with Crippen LogP contribution < -0.4 is 10.6 Å². The van der Waals surface area contributed by atoms with E-state index in [0.717, 1.165) is 5.69 Å². The van der Waals surface area contributed by atoms with Gasteiger partial charge in [0.25, 0.3) is 5.91 Å². The van der Waals surface area contributed by atoms with Crippen molar-refractivity contribution in [2.24, 2.45) is 0 Å². The molecule has 1 amide bonds. The molecule has 2 N–H and O–H groups in total. The number of benzene rings is 2. The first-order chi connectivity index (χ1) is 13.1. The Balaban J connectivity index is 1.79. The highest BCUT2D eigenvalue weighted by Gasteiger charge is 2.21. The molecule has 5 nitrogen and oxygen atoms in total. The van der Waals surface area contributed by atoms with E-state index in [1.165, 1.54) is 18.2 Å². The summed E-state index contributed by atoms with van der Waals surface area (Å²) in [7, 11) is 0.